The van der Waals surface area contributed by atoms with E-state index >= 15 is 0 Å². The lowest BCUT2D eigenvalue weighted by molar-refractivity contribution is 0.893. The van der Waals surface area contributed by atoms with Gasteiger partial charge >= 0.3 is 0 Å². The van der Waals surface area contributed by atoms with Gasteiger partial charge in [0.1, 0.15) is 0 Å². The molecule has 1 aromatic rings. The molecular weight excluding hydrogens is 134 g/mol. The number of aromatic amines is 1. The van der Waals surface area contributed by atoms with Crippen LogP contribution >= 0.6 is 0 Å². The highest BCUT2D eigenvalue weighted by atomic mass is 14.7. The van der Waals surface area contributed by atoms with Crippen molar-refractivity contribution in [3.05, 3.63) is 28.6 Å². The van der Waals surface area contributed by atoms with E-state index in [1.165, 1.54) is 35.4 Å². The van der Waals surface area contributed by atoms with E-state index in [0.717, 1.165) is 0 Å². The molecule has 1 heterocycles. The van der Waals surface area contributed by atoms with Crippen molar-refractivity contribution in [2.24, 2.45) is 0 Å². The lowest BCUT2D eigenvalue weighted by Crippen LogP contribution is -1.94. The molecule has 1 aromatic heterocycles. The lowest BCUT2D eigenvalue weighted by atomic mass is 9.99. The first-order chi connectivity index (χ1) is 5.25. The molecule has 0 spiro atoms. The largest absolute Gasteiger partial charge is 0.362 e. The van der Waals surface area contributed by atoms with Gasteiger partial charge in [0.2, 0.25) is 0 Å². The predicted octanol–water partition coefficient (Wildman–Crippen LogP) is 2.67. The Morgan fingerprint density at radius 2 is 2.09 bits per heavy atom. The Balaban J connectivity index is 2.50. The van der Waals surface area contributed by atoms with Crippen LogP contribution in [0.25, 0.3) is 6.08 Å². The van der Waals surface area contributed by atoms with E-state index in [2.05, 4.69) is 31.0 Å². The monoisotopic (exact) mass is 147 g/mol. The molecule has 58 valence electrons. The lowest BCUT2D eigenvalue weighted by Gasteiger charge is -2.08. The summed E-state index contributed by atoms with van der Waals surface area (Å²) < 4.78 is 0. The van der Waals surface area contributed by atoms with E-state index in [1.54, 1.807) is 0 Å². The van der Waals surface area contributed by atoms with Gasteiger partial charge in [0, 0.05) is 11.4 Å². The van der Waals surface area contributed by atoms with E-state index in [9.17, 15) is 0 Å². The quantitative estimate of drug-likeness (QED) is 0.580. The summed E-state index contributed by atoms with van der Waals surface area (Å²) in [5, 5.41) is 0. The van der Waals surface area contributed by atoms with Crippen molar-refractivity contribution in [3.63, 3.8) is 0 Å². The van der Waals surface area contributed by atoms with Crippen molar-refractivity contribution in [1.82, 2.24) is 4.98 Å². The number of H-pyrrole nitrogens is 1. The highest BCUT2D eigenvalue weighted by Gasteiger charge is 2.08. The van der Waals surface area contributed by atoms with Crippen LogP contribution < -0.4 is 0 Å². The molecule has 0 saturated carbocycles. The fourth-order valence-electron chi connectivity index (χ4n) is 1.66. The van der Waals surface area contributed by atoms with Crippen molar-refractivity contribution in [1.29, 1.82) is 0 Å². The van der Waals surface area contributed by atoms with E-state index in [1.807, 2.05) is 0 Å². The van der Waals surface area contributed by atoms with Gasteiger partial charge in [-0.25, -0.2) is 0 Å². The number of allylic oxidation sites excluding steroid dienone is 1. The van der Waals surface area contributed by atoms with Crippen LogP contribution in [0, 0.1) is 6.92 Å². The smallest absolute Gasteiger partial charge is 0.0225 e. The summed E-state index contributed by atoms with van der Waals surface area (Å²) in [6.45, 7) is 4.31. The maximum atomic E-state index is 3.37. The Morgan fingerprint density at radius 1 is 1.27 bits per heavy atom. The van der Waals surface area contributed by atoms with Gasteiger partial charge in [-0.3, -0.25) is 0 Å². The van der Waals surface area contributed by atoms with Crippen molar-refractivity contribution in [2.75, 3.05) is 0 Å². The zero-order valence-corrected chi connectivity index (χ0v) is 7.07. The molecule has 0 bridgehead atoms. The average molecular weight is 147 g/mol. The maximum Gasteiger partial charge on any atom is 0.0225 e. The minimum Gasteiger partial charge on any atom is -0.362 e. The molecule has 1 aliphatic carbocycles. The predicted molar refractivity (Wildman–Crippen MR) is 47.5 cm³/mol. The molecule has 0 unspecified atom stereocenters. The topological polar surface area (TPSA) is 15.8 Å². The molecule has 11 heavy (non-hydrogen) atoms. The molecule has 0 radical (unpaired) electrons. The Kier molecular flexibility index (Phi) is 1.38. The van der Waals surface area contributed by atoms with Crippen LogP contribution in [0.3, 0.4) is 0 Å². The Hall–Kier alpha value is -0.980. The summed E-state index contributed by atoms with van der Waals surface area (Å²) in [4.78, 5) is 3.37. The number of hydrogen-bond acceptors (Lipinski definition) is 0. The highest BCUT2D eigenvalue weighted by molar-refractivity contribution is 5.58. The number of fused-ring (bicyclic) bond motifs is 1. The van der Waals surface area contributed by atoms with E-state index < -0.39 is 0 Å². The van der Waals surface area contributed by atoms with Gasteiger partial charge in [0.25, 0.3) is 0 Å². The molecule has 1 heteroatoms. The van der Waals surface area contributed by atoms with Crippen molar-refractivity contribution >= 4 is 6.08 Å². The summed E-state index contributed by atoms with van der Waals surface area (Å²) in [6.07, 6.45) is 4.68. The van der Waals surface area contributed by atoms with Gasteiger partial charge in [0.15, 0.2) is 0 Å². The third-order valence-corrected chi connectivity index (χ3v) is 2.24. The normalized spacial score (nSPS) is 16.0. The fraction of sp³-hybridized carbons (Fsp3) is 0.400. The maximum absolute atomic E-state index is 3.37. The molecule has 2 rings (SSSR count). The molecule has 0 aliphatic heterocycles. The van der Waals surface area contributed by atoms with Crippen LogP contribution in [0.2, 0.25) is 0 Å². The Labute approximate surface area is 67.1 Å². The molecule has 0 amide bonds. The second-order valence-corrected chi connectivity index (χ2v) is 3.38. The second-order valence-electron chi connectivity index (χ2n) is 3.38. The summed E-state index contributed by atoms with van der Waals surface area (Å²) in [5.74, 6) is 0. The van der Waals surface area contributed by atoms with Crippen LogP contribution in [0.1, 0.15) is 30.3 Å². The first kappa shape index (κ1) is 6.71. The second kappa shape index (κ2) is 2.26. The Morgan fingerprint density at radius 3 is 2.91 bits per heavy atom. The number of nitrogens with one attached hydrogen (secondary N) is 1. The van der Waals surface area contributed by atoms with Gasteiger partial charge in [-0.05, 0) is 38.3 Å². The van der Waals surface area contributed by atoms with Crippen molar-refractivity contribution in [3.8, 4) is 0 Å². The van der Waals surface area contributed by atoms with Crippen LogP contribution in [-0.4, -0.2) is 4.98 Å². The van der Waals surface area contributed by atoms with Gasteiger partial charge in [-0.15, -0.1) is 0 Å². The highest BCUT2D eigenvalue weighted by Crippen LogP contribution is 2.23. The molecule has 1 nitrogen and oxygen atoms in total. The third-order valence-electron chi connectivity index (χ3n) is 2.24. The van der Waals surface area contributed by atoms with Crippen LogP contribution in [0.15, 0.2) is 11.6 Å². The molecule has 0 saturated heterocycles. The number of aryl methyl sites for hydroxylation is 2. The van der Waals surface area contributed by atoms with Crippen molar-refractivity contribution in [2.45, 2.75) is 26.7 Å². The van der Waals surface area contributed by atoms with E-state index in [0.29, 0.717) is 0 Å². The van der Waals surface area contributed by atoms with E-state index in [-0.39, 0.29) is 0 Å². The zero-order valence-electron chi connectivity index (χ0n) is 7.07. The van der Waals surface area contributed by atoms with Crippen LogP contribution in [0.4, 0.5) is 0 Å². The standard InChI is InChI=1S/C10H13N/c1-7-3-4-10-9(5-7)6-8(2)11-10/h5-6,11H,3-4H2,1-2H3. The average Bonchev–Trinajstić information content (AvgIpc) is 2.27. The third kappa shape index (κ3) is 1.11. The van der Waals surface area contributed by atoms with Crippen LogP contribution in [-0.2, 0) is 6.42 Å². The minimum atomic E-state index is 1.19. The molecule has 1 N–H and O–H groups in total. The first-order valence-electron chi connectivity index (χ1n) is 4.11. The molecule has 1 aliphatic rings. The summed E-state index contributed by atoms with van der Waals surface area (Å²) in [7, 11) is 0. The summed E-state index contributed by atoms with van der Waals surface area (Å²) >= 11 is 0. The van der Waals surface area contributed by atoms with Crippen LogP contribution in [0.5, 0.6) is 0 Å². The van der Waals surface area contributed by atoms with Gasteiger partial charge in [0.05, 0.1) is 0 Å². The fourth-order valence-corrected chi connectivity index (χ4v) is 1.66. The summed E-state index contributed by atoms with van der Waals surface area (Å²) in [6, 6.07) is 2.22. The summed E-state index contributed by atoms with van der Waals surface area (Å²) in [5.41, 5.74) is 5.58. The molecule has 0 aromatic carbocycles. The van der Waals surface area contributed by atoms with Crippen molar-refractivity contribution < 1.29 is 0 Å². The minimum absolute atomic E-state index is 1.19. The molecular formula is C10H13N. The van der Waals surface area contributed by atoms with Gasteiger partial charge in [-0.2, -0.15) is 0 Å². The van der Waals surface area contributed by atoms with Gasteiger partial charge in [-0.1, -0.05) is 11.6 Å². The van der Waals surface area contributed by atoms with Gasteiger partial charge < -0.3 is 4.98 Å². The number of rotatable bonds is 0. The Bertz CT molecular complexity index is 305. The number of hydrogen-bond donors (Lipinski definition) is 1. The first-order valence-corrected chi connectivity index (χ1v) is 4.11. The van der Waals surface area contributed by atoms with E-state index in [4.69, 9.17) is 0 Å². The molecule has 0 fully saturated rings. The SMILES string of the molecule is CC1=Cc2cc(C)[nH]c2CC1. The zero-order chi connectivity index (χ0) is 7.84. The molecule has 0 atom stereocenters. The number of aromatic nitrogens is 1.